The summed E-state index contributed by atoms with van der Waals surface area (Å²) in [5, 5.41) is 13.0. The highest BCUT2D eigenvalue weighted by molar-refractivity contribution is 7.99. The van der Waals surface area contributed by atoms with E-state index < -0.39 is 0 Å². The Morgan fingerprint density at radius 2 is 2.28 bits per heavy atom. The van der Waals surface area contributed by atoms with Crippen LogP contribution in [0.1, 0.15) is 16.2 Å². The molecule has 0 unspecified atom stereocenters. The number of carbonyl (C=O) groups is 1. The Morgan fingerprint density at radius 3 is 3.08 bits per heavy atom. The molecule has 0 aliphatic rings. The zero-order chi connectivity index (χ0) is 17.4. The van der Waals surface area contributed by atoms with Crippen molar-refractivity contribution in [2.45, 2.75) is 25.5 Å². The smallest absolute Gasteiger partial charge is 0.230 e. The molecule has 0 aliphatic heterocycles. The highest BCUT2D eigenvalue weighted by Gasteiger charge is 2.16. The molecule has 0 aliphatic carbocycles. The molecule has 4 heterocycles. The molecule has 4 aromatic heterocycles. The third kappa shape index (κ3) is 3.00. The fraction of sp³-hybridized carbons (Fsp3) is 0.250. The zero-order valence-corrected chi connectivity index (χ0v) is 15.3. The predicted octanol–water partition coefficient (Wildman–Crippen LogP) is 2.96. The van der Waals surface area contributed by atoms with Gasteiger partial charge in [0.15, 0.2) is 10.8 Å². The second kappa shape index (κ2) is 6.49. The molecule has 0 atom stereocenters. The molecule has 0 bridgehead atoms. The summed E-state index contributed by atoms with van der Waals surface area (Å²) < 4.78 is 7.03. The Balaban J connectivity index is 1.50. The molecule has 25 heavy (non-hydrogen) atoms. The van der Waals surface area contributed by atoms with Crippen LogP contribution in [0.5, 0.6) is 0 Å². The van der Waals surface area contributed by atoms with E-state index in [-0.39, 0.29) is 11.7 Å². The molecule has 4 aromatic rings. The summed E-state index contributed by atoms with van der Waals surface area (Å²) in [5.41, 5.74) is 1.96. The lowest BCUT2D eigenvalue weighted by Crippen LogP contribution is -2.24. The van der Waals surface area contributed by atoms with E-state index in [9.17, 15) is 4.79 Å². The number of hydrogen-bond acceptors (Lipinski definition) is 7. The van der Waals surface area contributed by atoms with Gasteiger partial charge in [-0.15, -0.1) is 21.5 Å². The summed E-state index contributed by atoms with van der Waals surface area (Å²) in [6.07, 6.45) is 3.30. The first-order valence-electron chi connectivity index (χ1n) is 7.65. The molecular formula is C16H15N5O2S2. The van der Waals surface area contributed by atoms with Crippen LogP contribution in [0.2, 0.25) is 0 Å². The topological polar surface area (TPSA) is 85.3 Å². The largest absolute Gasteiger partial charge is 0.467 e. The highest BCUT2D eigenvalue weighted by atomic mass is 32.2. The third-order valence-electron chi connectivity index (χ3n) is 3.92. The quantitative estimate of drug-likeness (QED) is 0.541. The minimum Gasteiger partial charge on any atom is -0.467 e. The molecule has 1 amide bonds. The van der Waals surface area contributed by atoms with Crippen LogP contribution in [0.3, 0.4) is 0 Å². The van der Waals surface area contributed by atoms with Gasteiger partial charge < -0.3 is 9.73 Å². The number of amides is 1. The Morgan fingerprint density at radius 1 is 1.40 bits per heavy atom. The molecule has 0 spiro atoms. The van der Waals surface area contributed by atoms with Crippen LogP contribution in [0.15, 0.2) is 34.3 Å². The molecule has 0 aromatic carbocycles. The van der Waals surface area contributed by atoms with Crippen molar-refractivity contribution >= 4 is 44.9 Å². The molecule has 0 radical (unpaired) electrons. The fourth-order valence-corrected chi connectivity index (χ4v) is 4.23. The van der Waals surface area contributed by atoms with E-state index in [1.54, 1.807) is 30.0 Å². The Labute approximate surface area is 151 Å². The standard InChI is InChI=1S/C16H15N5O2S2/c1-9-10(2)25-15-13(9)14-19-20-16(21(14)8-18-15)24-7-12(22)17-6-11-4-3-5-23-11/h3-5,8H,6-7H2,1-2H3,(H,17,22). The van der Waals surface area contributed by atoms with Gasteiger partial charge in [0.1, 0.15) is 16.9 Å². The number of hydrogen-bond donors (Lipinski definition) is 1. The molecule has 0 fully saturated rings. The van der Waals surface area contributed by atoms with Gasteiger partial charge >= 0.3 is 0 Å². The minimum absolute atomic E-state index is 0.0882. The highest BCUT2D eigenvalue weighted by Crippen LogP contribution is 2.31. The van der Waals surface area contributed by atoms with Gasteiger partial charge in [-0.25, -0.2) is 4.98 Å². The van der Waals surface area contributed by atoms with Gasteiger partial charge in [-0.3, -0.25) is 9.20 Å². The van der Waals surface area contributed by atoms with Crippen LogP contribution in [-0.4, -0.2) is 31.2 Å². The van der Waals surface area contributed by atoms with Gasteiger partial charge in [-0.05, 0) is 31.5 Å². The van der Waals surface area contributed by atoms with E-state index in [0.717, 1.165) is 21.6 Å². The number of aromatic nitrogens is 4. The summed E-state index contributed by atoms with van der Waals surface area (Å²) in [7, 11) is 0. The number of aryl methyl sites for hydroxylation is 2. The van der Waals surface area contributed by atoms with Crippen molar-refractivity contribution in [3.63, 3.8) is 0 Å². The maximum Gasteiger partial charge on any atom is 0.230 e. The van der Waals surface area contributed by atoms with Crippen LogP contribution in [0, 0.1) is 13.8 Å². The molecule has 1 N–H and O–H groups in total. The molecule has 7 nitrogen and oxygen atoms in total. The van der Waals surface area contributed by atoms with Crippen molar-refractivity contribution in [3.8, 4) is 0 Å². The van der Waals surface area contributed by atoms with Gasteiger partial charge in [-0.1, -0.05) is 11.8 Å². The summed E-state index contributed by atoms with van der Waals surface area (Å²) in [6.45, 7) is 4.52. The summed E-state index contributed by atoms with van der Waals surface area (Å²) in [5.74, 6) is 0.886. The summed E-state index contributed by atoms with van der Waals surface area (Å²) in [4.78, 5) is 18.7. The SMILES string of the molecule is Cc1sc2ncn3c(SCC(=O)NCc4ccco4)nnc3c2c1C. The van der Waals surface area contributed by atoms with Gasteiger partial charge in [-0.2, -0.15) is 0 Å². The lowest BCUT2D eigenvalue weighted by Gasteiger charge is -2.02. The predicted molar refractivity (Wildman–Crippen MR) is 96.9 cm³/mol. The number of thiophene rings is 1. The van der Waals surface area contributed by atoms with Crippen molar-refractivity contribution < 1.29 is 9.21 Å². The second-order valence-corrected chi connectivity index (χ2v) is 7.67. The van der Waals surface area contributed by atoms with E-state index in [4.69, 9.17) is 4.42 Å². The van der Waals surface area contributed by atoms with E-state index in [1.807, 2.05) is 10.5 Å². The normalized spacial score (nSPS) is 11.4. The average Bonchev–Trinajstić information content (AvgIpc) is 3.31. The van der Waals surface area contributed by atoms with Gasteiger partial charge in [0, 0.05) is 4.88 Å². The van der Waals surface area contributed by atoms with Gasteiger partial charge in [0.25, 0.3) is 0 Å². The lowest BCUT2D eigenvalue weighted by atomic mass is 10.2. The average molecular weight is 373 g/mol. The van der Waals surface area contributed by atoms with E-state index in [2.05, 4.69) is 34.3 Å². The number of rotatable bonds is 5. The first-order valence-corrected chi connectivity index (χ1v) is 9.45. The summed E-state index contributed by atoms with van der Waals surface area (Å²) >= 11 is 2.99. The van der Waals surface area contributed by atoms with Crippen molar-refractivity contribution in [3.05, 3.63) is 40.9 Å². The number of nitrogens with zero attached hydrogens (tertiary/aromatic N) is 4. The zero-order valence-electron chi connectivity index (χ0n) is 13.6. The van der Waals surface area contributed by atoms with Crippen molar-refractivity contribution in [2.75, 3.05) is 5.75 Å². The summed E-state index contributed by atoms with van der Waals surface area (Å²) in [6, 6.07) is 3.61. The first kappa shape index (κ1) is 16.1. The molecule has 9 heteroatoms. The van der Waals surface area contributed by atoms with Gasteiger partial charge in [0.2, 0.25) is 5.91 Å². The third-order valence-corrected chi connectivity index (χ3v) is 5.98. The maximum absolute atomic E-state index is 12.0. The van der Waals surface area contributed by atoms with Gasteiger partial charge in [0.05, 0.1) is 23.9 Å². The van der Waals surface area contributed by atoms with Crippen molar-refractivity contribution in [2.24, 2.45) is 0 Å². The van der Waals surface area contributed by atoms with Crippen LogP contribution in [0.25, 0.3) is 15.9 Å². The molecule has 0 saturated heterocycles. The number of furan rings is 1. The monoisotopic (exact) mass is 373 g/mol. The first-order chi connectivity index (χ1) is 12.1. The van der Waals surface area contributed by atoms with Crippen molar-refractivity contribution in [1.82, 2.24) is 24.9 Å². The van der Waals surface area contributed by atoms with Crippen LogP contribution < -0.4 is 5.32 Å². The number of carbonyl (C=O) groups excluding carboxylic acids is 1. The molecule has 0 saturated carbocycles. The Hall–Kier alpha value is -2.39. The van der Waals surface area contributed by atoms with E-state index in [0.29, 0.717) is 11.7 Å². The van der Waals surface area contributed by atoms with E-state index >= 15 is 0 Å². The molecule has 4 rings (SSSR count). The number of nitrogens with one attached hydrogen (secondary N) is 1. The molecular weight excluding hydrogens is 358 g/mol. The lowest BCUT2D eigenvalue weighted by molar-refractivity contribution is -0.118. The number of thioether (sulfide) groups is 1. The van der Waals surface area contributed by atoms with E-state index in [1.165, 1.54) is 22.2 Å². The van der Waals surface area contributed by atoms with Crippen LogP contribution >= 0.6 is 23.1 Å². The van der Waals surface area contributed by atoms with Crippen molar-refractivity contribution in [1.29, 1.82) is 0 Å². The molecule has 128 valence electrons. The van der Waals surface area contributed by atoms with Crippen LogP contribution in [-0.2, 0) is 11.3 Å². The number of fused-ring (bicyclic) bond motifs is 3. The second-order valence-electron chi connectivity index (χ2n) is 5.53. The fourth-order valence-electron chi connectivity index (χ4n) is 2.50. The maximum atomic E-state index is 12.0. The Kier molecular flexibility index (Phi) is 4.18. The Bertz CT molecular complexity index is 1050. The van der Waals surface area contributed by atoms with Crippen LogP contribution in [0.4, 0.5) is 0 Å². The minimum atomic E-state index is -0.0882.